The third-order valence-electron chi connectivity index (χ3n) is 2.92. The van der Waals surface area contributed by atoms with Gasteiger partial charge < -0.3 is 19.9 Å². The molecule has 17 heavy (non-hydrogen) atoms. The van der Waals surface area contributed by atoms with Crippen molar-refractivity contribution in [3.05, 3.63) is 23.8 Å². The fourth-order valence-electron chi connectivity index (χ4n) is 1.87. The van der Waals surface area contributed by atoms with E-state index >= 15 is 0 Å². The summed E-state index contributed by atoms with van der Waals surface area (Å²) in [5, 5.41) is 12.3. The molecule has 2 atom stereocenters. The first-order valence-corrected chi connectivity index (χ1v) is 5.95. The number of hydrogen-bond donors (Lipinski definition) is 2. The lowest BCUT2D eigenvalue weighted by Crippen LogP contribution is -2.17. The molecule has 1 aliphatic rings. The second-order valence-corrected chi connectivity index (χ2v) is 4.34. The molecule has 0 bridgehead atoms. The van der Waals surface area contributed by atoms with Crippen molar-refractivity contribution in [2.75, 3.05) is 20.3 Å². The highest BCUT2D eigenvalue weighted by molar-refractivity contribution is 5.44. The average molecular weight is 237 g/mol. The second-order valence-electron chi connectivity index (χ2n) is 4.34. The summed E-state index contributed by atoms with van der Waals surface area (Å²) in [6, 6.07) is 6.16. The molecule has 1 aromatic carbocycles. The zero-order valence-corrected chi connectivity index (χ0v) is 10.3. The highest BCUT2D eigenvalue weighted by Crippen LogP contribution is 2.34. The van der Waals surface area contributed by atoms with E-state index in [1.54, 1.807) is 6.92 Å². The Hall–Kier alpha value is -1.26. The van der Waals surface area contributed by atoms with Crippen LogP contribution in [0.3, 0.4) is 0 Å². The first-order chi connectivity index (χ1) is 8.20. The summed E-state index contributed by atoms with van der Waals surface area (Å²) in [5.41, 5.74) is 1.18. The Kier molecular flexibility index (Phi) is 3.86. The van der Waals surface area contributed by atoms with Gasteiger partial charge in [-0.2, -0.15) is 0 Å². The van der Waals surface area contributed by atoms with Crippen molar-refractivity contribution in [2.45, 2.75) is 25.5 Å². The molecule has 1 aromatic rings. The number of nitrogens with one attached hydrogen (secondary N) is 1. The molecular formula is C13H19NO3. The SMILES string of the molecule is CNC1COc2cc(OCCC(C)O)ccc21. The van der Waals surface area contributed by atoms with Gasteiger partial charge in [0.2, 0.25) is 0 Å². The topological polar surface area (TPSA) is 50.7 Å². The zero-order valence-electron chi connectivity index (χ0n) is 10.3. The smallest absolute Gasteiger partial charge is 0.127 e. The normalized spacial score (nSPS) is 19.6. The van der Waals surface area contributed by atoms with Gasteiger partial charge in [0, 0.05) is 18.1 Å². The number of hydrogen-bond acceptors (Lipinski definition) is 4. The van der Waals surface area contributed by atoms with Gasteiger partial charge in [-0.3, -0.25) is 0 Å². The standard InChI is InChI=1S/C13H19NO3/c1-9(15)5-6-16-10-3-4-11-12(14-2)8-17-13(11)7-10/h3-4,7,9,12,14-15H,5-6,8H2,1-2H3. The summed E-state index contributed by atoms with van der Waals surface area (Å²) < 4.78 is 11.1. The number of fused-ring (bicyclic) bond motifs is 1. The molecular weight excluding hydrogens is 218 g/mol. The highest BCUT2D eigenvalue weighted by atomic mass is 16.5. The molecule has 2 N–H and O–H groups in total. The van der Waals surface area contributed by atoms with Gasteiger partial charge in [-0.15, -0.1) is 0 Å². The summed E-state index contributed by atoms with van der Waals surface area (Å²) in [4.78, 5) is 0. The van der Waals surface area contributed by atoms with Crippen LogP contribution in [0, 0.1) is 0 Å². The van der Waals surface area contributed by atoms with E-state index in [2.05, 4.69) is 5.32 Å². The van der Waals surface area contributed by atoms with Crippen molar-refractivity contribution >= 4 is 0 Å². The Morgan fingerprint density at radius 3 is 3.12 bits per heavy atom. The van der Waals surface area contributed by atoms with Crippen LogP contribution in [0.15, 0.2) is 18.2 Å². The Morgan fingerprint density at radius 2 is 2.41 bits per heavy atom. The number of aliphatic hydroxyl groups excluding tert-OH is 1. The first kappa shape index (κ1) is 12.2. The van der Waals surface area contributed by atoms with Gasteiger partial charge in [0.1, 0.15) is 18.1 Å². The van der Waals surface area contributed by atoms with E-state index in [1.807, 2.05) is 25.2 Å². The monoisotopic (exact) mass is 237 g/mol. The largest absolute Gasteiger partial charge is 0.493 e. The van der Waals surface area contributed by atoms with Crippen LogP contribution in [-0.4, -0.2) is 31.5 Å². The van der Waals surface area contributed by atoms with E-state index in [9.17, 15) is 0 Å². The maximum absolute atomic E-state index is 9.14. The highest BCUT2D eigenvalue weighted by Gasteiger charge is 2.22. The van der Waals surface area contributed by atoms with Crippen molar-refractivity contribution in [3.8, 4) is 11.5 Å². The quantitative estimate of drug-likeness (QED) is 0.814. The van der Waals surface area contributed by atoms with Crippen LogP contribution >= 0.6 is 0 Å². The maximum atomic E-state index is 9.14. The molecule has 2 rings (SSSR count). The first-order valence-electron chi connectivity index (χ1n) is 5.95. The van der Waals surface area contributed by atoms with E-state index < -0.39 is 0 Å². The summed E-state index contributed by atoms with van der Waals surface area (Å²) in [5.74, 6) is 1.68. The van der Waals surface area contributed by atoms with Crippen molar-refractivity contribution < 1.29 is 14.6 Å². The Bertz CT molecular complexity index is 379. The lowest BCUT2D eigenvalue weighted by atomic mass is 10.1. The molecule has 0 radical (unpaired) electrons. The van der Waals surface area contributed by atoms with Crippen LogP contribution in [-0.2, 0) is 0 Å². The average Bonchev–Trinajstić information content (AvgIpc) is 2.70. The second kappa shape index (κ2) is 5.38. The summed E-state index contributed by atoms with van der Waals surface area (Å²) >= 11 is 0. The predicted molar refractivity (Wildman–Crippen MR) is 65.5 cm³/mol. The number of aliphatic hydroxyl groups is 1. The molecule has 1 aliphatic heterocycles. The Balaban J connectivity index is 1.98. The molecule has 94 valence electrons. The van der Waals surface area contributed by atoms with Crippen LogP contribution < -0.4 is 14.8 Å². The Morgan fingerprint density at radius 1 is 1.59 bits per heavy atom. The molecule has 4 heteroatoms. The molecule has 0 amide bonds. The number of rotatable bonds is 5. The fourth-order valence-corrected chi connectivity index (χ4v) is 1.87. The number of ether oxygens (including phenoxy) is 2. The lowest BCUT2D eigenvalue weighted by Gasteiger charge is -2.09. The van der Waals surface area contributed by atoms with Crippen LogP contribution in [0.4, 0.5) is 0 Å². The van der Waals surface area contributed by atoms with E-state index in [0.29, 0.717) is 19.6 Å². The van der Waals surface area contributed by atoms with Crippen LogP contribution in [0.1, 0.15) is 24.9 Å². The molecule has 0 aromatic heterocycles. The van der Waals surface area contributed by atoms with Gasteiger partial charge in [-0.05, 0) is 26.1 Å². The molecule has 0 saturated carbocycles. The Labute approximate surface area is 102 Å². The predicted octanol–water partition coefficient (Wildman–Crippen LogP) is 1.49. The van der Waals surface area contributed by atoms with Crippen molar-refractivity contribution in [1.82, 2.24) is 5.32 Å². The summed E-state index contributed by atoms with van der Waals surface area (Å²) in [6.45, 7) is 2.95. The molecule has 0 spiro atoms. The lowest BCUT2D eigenvalue weighted by molar-refractivity contribution is 0.155. The van der Waals surface area contributed by atoms with Gasteiger partial charge in [0.05, 0.1) is 18.8 Å². The van der Waals surface area contributed by atoms with Gasteiger partial charge >= 0.3 is 0 Å². The number of benzene rings is 1. The van der Waals surface area contributed by atoms with E-state index in [1.165, 1.54) is 5.56 Å². The van der Waals surface area contributed by atoms with Crippen molar-refractivity contribution in [2.24, 2.45) is 0 Å². The zero-order chi connectivity index (χ0) is 12.3. The van der Waals surface area contributed by atoms with Gasteiger partial charge in [0.25, 0.3) is 0 Å². The number of likely N-dealkylation sites (N-methyl/N-ethyl adjacent to an activating group) is 1. The molecule has 0 aliphatic carbocycles. The molecule has 1 heterocycles. The third kappa shape index (κ3) is 2.90. The van der Waals surface area contributed by atoms with Crippen LogP contribution in [0.2, 0.25) is 0 Å². The van der Waals surface area contributed by atoms with Crippen LogP contribution in [0.25, 0.3) is 0 Å². The van der Waals surface area contributed by atoms with E-state index in [4.69, 9.17) is 14.6 Å². The third-order valence-corrected chi connectivity index (χ3v) is 2.92. The van der Waals surface area contributed by atoms with E-state index in [-0.39, 0.29) is 12.1 Å². The molecule has 0 saturated heterocycles. The summed E-state index contributed by atoms with van der Waals surface area (Å²) in [7, 11) is 1.93. The van der Waals surface area contributed by atoms with Crippen molar-refractivity contribution in [3.63, 3.8) is 0 Å². The van der Waals surface area contributed by atoms with Crippen molar-refractivity contribution in [1.29, 1.82) is 0 Å². The minimum Gasteiger partial charge on any atom is -0.493 e. The van der Waals surface area contributed by atoms with Gasteiger partial charge in [-0.25, -0.2) is 0 Å². The molecule has 4 nitrogen and oxygen atoms in total. The molecule has 2 unspecified atom stereocenters. The van der Waals surface area contributed by atoms with Crippen LogP contribution in [0.5, 0.6) is 11.5 Å². The maximum Gasteiger partial charge on any atom is 0.127 e. The van der Waals surface area contributed by atoms with Gasteiger partial charge in [-0.1, -0.05) is 0 Å². The minimum atomic E-state index is -0.325. The molecule has 0 fully saturated rings. The minimum absolute atomic E-state index is 0.275. The van der Waals surface area contributed by atoms with Gasteiger partial charge in [0.15, 0.2) is 0 Å². The fraction of sp³-hybridized carbons (Fsp3) is 0.538. The van der Waals surface area contributed by atoms with E-state index in [0.717, 1.165) is 11.5 Å². The summed E-state index contributed by atoms with van der Waals surface area (Å²) in [6.07, 6.45) is 0.311.